The number of hydrogen-bond donors (Lipinski definition) is 2. The van der Waals surface area contributed by atoms with Crippen molar-refractivity contribution < 1.29 is 9.53 Å². The van der Waals surface area contributed by atoms with E-state index in [4.69, 9.17) is 10.5 Å². The maximum Gasteiger partial charge on any atom is 0.220 e. The topological polar surface area (TPSA) is 64.3 Å². The SMILES string of the molecule is Cc1ccccc1CCC(=O)NCCOCCN. The third-order valence-corrected chi connectivity index (χ3v) is 2.71. The van der Waals surface area contributed by atoms with Crippen molar-refractivity contribution >= 4 is 5.91 Å². The van der Waals surface area contributed by atoms with Gasteiger partial charge in [-0.3, -0.25) is 4.79 Å². The number of carbonyl (C=O) groups is 1. The first-order valence-corrected chi connectivity index (χ1v) is 6.33. The molecule has 0 radical (unpaired) electrons. The molecule has 3 N–H and O–H groups in total. The zero-order valence-corrected chi connectivity index (χ0v) is 10.9. The molecule has 0 atom stereocenters. The van der Waals surface area contributed by atoms with E-state index in [2.05, 4.69) is 24.4 Å². The summed E-state index contributed by atoms with van der Waals surface area (Å²) in [5, 5.41) is 2.83. The second kappa shape index (κ2) is 8.66. The fourth-order valence-corrected chi connectivity index (χ4v) is 1.68. The maximum absolute atomic E-state index is 11.6. The fourth-order valence-electron chi connectivity index (χ4n) is 1.68. The summed E-state index contributed by atoms with van der Waals surface area (Å²) in [5.41, 5.74) is 7.75. The van der Waals surface area contributed by atoms with Gasteiger partial charge in [0, 0.05) is 19.5 Å². The van der Waals surface area contributed by atoms with Crippen LogP contribution in [-0.2, 0) is 16.0 Å². The van der Waals surface area contributed by atoms with E-state index in [1.165, 1.54) is 11.1 Å². The molecule has 1 rings (SSSR count). The molecule has 0 spiro atoms. The predicted octanol–water partition coefficient (Wildman–Crippen LogP) is 1.02. The summed E-state index contributed by atoms with van der Waals surface area (Å²) in [4.78, 5) is 11.6. The molecular formula is C14H22N2O2. The molecule has 0 aliphatic heterocycles. The van der Waals surface area contributed by atoms with Crippen LogP contribution in [0.4, 0.5) is 0 Å². The van der Waals surface area contributed by atoms with Crippen LogP contribution in [0.1, 0.15) is 17.5 Å². The van der Waals surface area contributed by atoms with Crippen LogP contribution in [0.5, 0.6) is 0 Å². The van der Waals surface area contributed by atoms with Crippen molar-refractivity contribution in [1.82, 2.24) is 5.32 Å². The number of hydrogen-bond acceptors (Lipinski definition) is 3. The Morgan fingerprint density at radius 2 is 2.11 bits per heavy atom. The van der Waals surface area contributed by atoms with E-state index in [9.17, 15) is 4.79 Å². The van der Waals surface area contributed by atoms with Crippen LogP contribution in [0.25, 0.3) is 0 Å². The summed E-state index contributed by atoms with van der Waals surface area (Å²) in [6, 6.07) is 8.13. The van der Waals surface area contributed by atoms with Gasteiger partial charge in [-0.05, 0) is 24.5 Å². The molecule has 4 nitrogen and oxygen atoms in total. The van der Waals surface area contributed by atoms with Crippen molar-refractivity contribution in [3.05, 3.63) is 35.4 Å². The van der Waals surface area contributed by atoms with Gasteiger partial charge in [-0.15, -0.1) is 0 Å². The molecule has 1 aromatic rings. The summed E-state index contributed by atoms with van der Waals surface area (Å²) in [5.74, 6) is 0.0644. The zero-order chi connectivity index (χ0) is 13.2. The van der Waals surface area contributed by atoms with Gasteiger partial charge in [0.1, 0.15) is 0 Å². The molecule has 0 fully saturated rings. The molecule has 0 aromatic heterocycles. The molecular weight excluding hydrogens is 228 g/mol. The van der Waals surface area contributed by atoms with Gasteiger partial charge in [-0.25, -0.2) is 0 Å². The molecule has 1 amide bonds. The van der Waals surface area contributed by atoms with Crippen molar-refractivity contribution in [3.8, 4) is 0 Å². The quantitative estimate of drug-likeness (QED) is 0.677. The second-order valence-electron chi connectivity index (χ2n) is 4.18. The summed E-state index contributed by atoms with van der Waals surface area (Å²) in [6.07, 6.45) is 1.30. The predicted molar refractivity (Wildman–Crippen MR) is 72.4 cm³/mol. The largest absolute Gasteiger partial charge is 0.378 e. The van der Waals surface area contributed by atoms with Gasteiger partial charge >= 0.3 is 0 Å². The van der Waals surface area contributed by atoms with Crippen LogP contribution in [0.15, 0.2) is 24.3 Å². The Labute approximate surface area is 109 Å². The number of ether oxygens (including phenoxy) is 1. The molecule has 0 aliphatic rings. The van der Waals surface area contributed by atoms with Crippen molar-refractivity contribution in [3.63, 3.8) is 0 Å². The second-order valence-corrected chi connectivity index (χ2v) is 4.18. The Morgan fingerprint density at radius 1 is 1.33 bits per heavy atom. The van der Waals surface area contributed by atoms with Gasteiger partial charge in [-0.2, -0.15) is 0 Å². The van der Waals surface area contributed by atoms with Crippen LogP contribution in [-0.4, -0.2) is 32.2 Å². The standard InChI is InChI=1S/C14H22N2O2/c1-12-4-2-3-5-13(12)6-7-14(17)16-9-11-18-10-8-15/h2-5H,6-11,15H2,1H3,(H,16,17). The number of amides is 1. The zero-order valence-electron chi connectivity index (χ0n) is 10.9. The highest BCUT2D eigenvalue weighted by Crippen LogP contribution is 2.09. The number of nitrogens with one attached hydrogen (secondary N) is 1. The minimum absolute atomic E-state index is 0.0644. The van der Waals surface area contributed by atoms with E-state index in [0.29, 0.717) is 32.7 Å². The highest BCUT2D eigenvalue weighted by molar-refractivity contribution is 5.76. The van der Waals surface area contributed by atoms with E-state index in [1.54, 1.807) is 0 Å². The molecule has 100 valence electrons. The molecule has 0 heterocycles. The van der Waals surface area contributed by atoms with Crippen molar-refractivity contribution in [2.45, 2.75) is 19.8 Å². The molecule has 0 bridgehead atoms. The van der Waals surface area contributed by atoms with Gasteiger partial charge in [0.25, 0.3) is 0 Å². The van der Waals surface area contributed by atoms with E-state index in [-0.39, 0.29) is 5.91 Å². The van der Waals surface area contributed by atoms with E-state index < -0.39 is 0 Å². The molecule has 0 unspecified atom stereocenters. The van der Waals surface area contributed by atoms with Gasteiger partial charge in [0.05, 0.1) is 13.2 Å². The van der Waals surface area contributed by atoms with Crippen LogP contribution in [0.2, 0.25) is 0 Å². The first kappa shape index (κ1) is 14.7. The lowest BCUT2D eigenvalue weighted by molar-refractivity contribution is -0.121. The number of benzene rings is 1. The Balaban J connectivity index is 2.15. The molecule has 1 aromatic carbocycles. The Kier molecular flexibility index (Phi) is 7.06. The average molecular weight is 250 g/mol. The molecule has 0 aliphatic carbocycles. The summed E-state index contributed by atoms with van der Waals surface area (Å²) in [6.45, 7) is 4.19. The van der Waals surface area contributed by atoms with Gasteiger partial charge in [0.15, 0.2) is 0 Å². The lowest BCUT2D eigenvalue weighted by atomic mass is 10.0. The van der Waals surface area contributed by atoms with Gasteiger partial charge in [-0.1, -0.05) is 24.3 Å². The Morgan fingerprint density at radius 3 is 2.83 bits per heavy atom. The van der Waals surface area contributed by atoms with Gasteiger partial charge in [0.2, 0.25) is 5.91 Å². The fraction of sp³-hybridized carbons (Fsp3) is 0.500. The molecule has 0 saturated heterocycles. The lowest BCUT2D eigenvalue weighted by Gasteiger charge is -2.07. The molecule has 4 heteroatoms. The van der Waals surface area contributed by atoms with E-state index >= 15 is 0 Å². The lowest BCUT2D eigenvalue weighted by Crippen LogP contribution is -2.28. The van der Waals surface area contributed by atoms with Crippen LogP contribution in [0, 0.1) is 6.92 Å². The Hall–Kier alpha value is -1.39. The summed E-state index contributed by atoms with van der Waals surface area (Å²) in [7, 11) is 0. The summed E-state index contributed by atoms with van der Waals surface area (Å²) < 4.78 is 5.18. The summed E-state index contributed by atoms with van der Waals surface area (Å²) >= 11 is 0. The molecule has 18 heavy (non-hydrogen) atoms. The van der Waals surface area contributed by atoms with Crippen molar-refractivity contribution in [2.24, 2.45) is 5.73 Å². The highest BCUT2D eigenvalue weighted by Gasteiger charge is 2.03. The third-order valence-electron chi connectivity index (χ3n) is 2.71. The highest BCUT2D eigenvalue weighted by atomic mass is 16.5. The smallest absolute Gasteiger partial charge is 0.220 e. The number of rotatable bonds is 8. The van der Waals surface area contributed by atoms with E-state index in [1.807, 2.05) is 12.1 Å². The van der Waals surface area contributed by atoms with Crippen molar-refractivity contribution in [2.75, 3.05) is 26.3 Å². The third kappa shape index (κ3) is 5.80. The van der Waals surface area contributed by atoms with Crippen LogP contribution >= 0.6 is 0 Å². The number of carbonyl (C=O) groups excluding carboxylic acids is 1. The minimum Gasteiger partial charge on any atom is -0.378 e. The Bertz CT molecular complexity index is 367. The van der Waals surface area contributed by atoms with Crippen molar-refractivity contribution in [1.29, 1.82) is 0 Å². The van der Waals surface area contributed by atoms with Crippen LogP contribution in [0.3, 0.4) is 0 Å². The number of aryl methyl sites for hydroxylation is 2. The first-order valence-electron chi connectivity index (χ1n) is 6.33. The molecule has 0 saturated carbocycles. The monoisotopic (exact) mass is 250 g/mol. The first-order chi connectivity index (χ1) is 8.74. The average Bonchev–Trinajstić information content (AvgIpc) is 2.37. The maximum atomic E-state index is 11.6. The van der Waals surface area contributed by atoms with E-state index in [0.717, 1.165) is 6.42 Å². The number of nitrogens with two attached hydrogens (primary N) is 1. The normalized spacial score (nSPS) is 10.3. The van der Waals surface area contributed by atoms with Gasteiger partial charge < -0.3 is 15.8 Å². The minimum atomic E-state index is 0.0644. The van der Waals surface area contributed by atoms with Crippen LogP contribution < -0.4 is 11.1 Å².